The number of hydrogen-bond donors (Lipinski definition) is 1. The molecule has 0 spiro atoms. The number of nitrogens with zero attached hydrogens (tertiary/aromatic N) is 4. The van der Waals surface area contributed by atoms with Gasteiger partial charge in [-0.15, -0.1) is 0 Å². The Kier molecular flexibility index (Phi) is 4.63. The van der Waals surface area contributed by atoms with Gasteiger partial charge in [-0.25, -0.2) is 9.78 Å². The summed E-state index contributed by atoms with van der Waals surface area (Å²) in [7, 11) is 2.89. The van der Waals surface area contributed by atoms with Gasteiger partial charge in [-0.2, -0.15) is 0 Å². The second kappa shape index (κ2) is 6.64. The van der Waals surface area contributed by atoms with Gasteiger partial charge in [-0.3, -0.25) is 23.5 Å². The first kappa shape index (κ1) is 18.8. The molecule has 1 aliphatic heterocycles. The molecule has 0 saturated carbocycles. The highest BCUT2D eigenvalue weighted by molar-refractivity contribution is 5.95. The van der Waals surface area contributed by atoms with Crippen LogP contribution >= 0.6 is 0 Å². The van der Waals surface area contributed by atoms with Gasteiger partial charge in [0.15, 0.2) is 0 Å². The smallest absolute Gasteiger partial charge is 0.332 e. The summed E-state index contributed by atoms with van der Waals surface area (Å²) >= 11 is 0. The van der Waals surface area contributed by atoms with Crippen molar-refractivity contribution in [2.45, 2.75) is 32.7 Å². The molecule has 1 aliphatic rings. The number of fused-ring (bicyclic) bond motifs is 1. The standard InChI is InChI=1S/C18H22N4O5/c1-9-7-12(15(23)22-8-11(17(25)26)6-5-10(22)2)19-14-13(9)16(24)21(4)18(27)20(14)3/h7,10-11H,5-6,8H2,1-4H3,(H,25,26). The lowest BCUT2D eigenvalue weighted by Crippen LogP contribution is -2.47. The van der Waals surface area contributed by atoms with Crippen molar-refractivity contribution in [3.63, 3.8) is 0 Å². The first-order valence-corrected chi connectivity index (χ1v) is 8.74. The van der Waals surface area contributed by atoms with Crippen molar-refractivity contribution in [1.82, 2.24) is 19.0 Å². The molecule has 1 fully saturated rings. The van der Waals surface area contributed by atoms with E-state index in [0.29, 0.717) is 18.4 Å². The largest absolute Gasteiger partial charge is 0.481 e. The number of hydrogen-bond acceptors (Lipinski definition) is 5. The van der Waals surface area contributed by atoms with Gasteiger partial charge in [0.05, 0.1) is 11.3 Å². The van der Waals surface area contributed by atoms with Gasteiger partial charge in [0.2, 0.25) is 0 Å². The summed E-state index contributed by atoms with van der Waals surface area (Å²) in [6, 6.07) is 1.41. The van der Waals surface area contributed by atoms with Gasteiger partial charge in [0.1, 0.15) is 11.3 Å². The third-order valence-corrected chi connectivity index (χ3v) is 5.32. The Bertz CT molecular complexity index is 1070. The third-order valence-electron chi connectivity index (χ3n) is 5.32. The fourth-order valence-electron chi connectivity index (χ4n) is 3.58. The van der Waals surface area contributed by atoms with Crippen LogP contribution in [0.15, 0.2) is 15.7 Å². The zero-order valence-corrected chi connectivity index (χ0v) is 15.7. The number of likely N-dealkylation sites (tertiary alicyclic amines) is 1. The molecule has 1 saturated heterocycles. The molecule has 27 heavy (non-hydrogen) atoms. The number of amides is 1. The number of carboxylic acids is 1. The van der Waals surface area contributed by atoms with Crippen LogP contribution in [0.1, 0.15) is 35.8 Å². The molecule has 0 aliphatic carbocycles. The number of rotatable bonds is 2. The summed E-state index contributed by atoms with van der Waals surface area (Å²) < 4.78 is 2.24. The quantitative estimate of drug-likeness (QED) is 0.807. The van der Waals surface area contributed by atoms with Crippen LogP contribution in [0.3, 0.4) is 0 Å². The first-order chi connectivity index (χ1) is 12.6. The molecular formula is C18H22N4O5. The van der Waals surface area contributed by atoms with E-state index in [-0.39, 0.29) is 29.3 Å². The molecular weight excluding hydrogens is 352 g/mol. The highest BCUT2D eigenvalue weighted by Gasteiger charge is 2.33. The number of piperidine rings is 1. The minimum Gasteiger partial charge on any atom is -0.481 e. The molecule has 2 aromatic heterocycles. The van der Waals surface area contributed by atoms with E-state index in [2.05, 4.69) is 4.98 Å². The van der Waals surface area contributed by atoms with Crippen molar-refractivity contribution in [2.75, 3.05) is 6.54 Å². The normalized spacial score (nSPS) is 20.1. The van der Waals surface area contributed by atoms with Crippen LogP contribution in [-0.2, 0) is 18.9 Å². The van der Waals surface area contributed by atoms with E-state index >= 15 is 0 Å². The van der Waals surface area contributed by atoms with Gasteiger partial charge >= 0.3 is 11.7 Å². The van der Waals surface area contributed by atoms with Crippen LogP contribution in [-0.4, -0.2) is 48.6 Å². The van der Waals surface area contributed by atoms with Crippen molar-refractivity contribution >= 4 is 22.9 Å². The van der Waals surface area contributed by atoms with E-state index in [1.165, 1.54) is 29.6 Å². The van der Waals surface area contributed by atoms with Crippen LogP contribution in [0.25, 0.3) is 11.0 Å². The molecule has 2 aromatic rings. The molecule has 144 valence electrons. The number of carbonyl (C=O) groups excluding carboxylic acids is 1. The molecule has 3 heterocycles. The van der Waals surface area contributed by atoms with Gasteiger partial charge in [-0.1, -0.05) is 0 Å². The second-order valence-corrected chi connectivity index (χ2v) is 7.15. The summed E-state index contributed by atoms with van der Waals surface area (Å²) in [6.45, 7) is 3.67. The summed E-state index contributed by atoms with van der Waals surface area (Å²) in [5.74, 6) is -1.93. The van der Waals surface area contributed by atoms with Crippen molar-refractivity contribution < 1.29 is 14.7 Å². The topological polar surface area (TPSA) is 114 Å². The monoisotopic (exact) mass is 374 g/mol. The van der Waals surface area contributed by atoms with Crippen LogP contribution < -0.4 is 11.2 Å². The lowest BCUT2D eigenvalue weighted by atomic mass is 9.93. The summed E-state index contributed by atoms with van der Waals surface area (Å²) in [4.78, 5) is 54.8. The highest BCUT2D eigenvalue weighted by Crippen LogP contribution is 2.24. The van der Waals surface area contributed by atoms with Gasteiger partial charge < -0.3 is 10.0 Å². The molecule has 9 heteroatoms. The number of aliphatic carboxylic acids is 1. The Hall–Kier alpha value is -2.97. The molecule has 0 radical (unpaired) electrons. The van der Waals surface area contributed by atoms with Gasteiger partial charge in [0.25, 0.3) is 11.5 Å². The lowest BCUT2D eigenvalue weighted by Gasteiger charge is -2.36. The van der Waals surface area contributed by atoms with Crippen molar-refractivity contribution in [2.24, 2.45) is 20.0 Å². The maximum absolute atomic E-state index is 13.0. The minimum atomic E-state index is -0.923. The molecule has 0 bridgehead atoms. The number of carbonyl (C=O) groups is 2. The number of pyridine rings is 1. The average molecular weight is 374 g/mol. The lowest BCUT2D eigenvalue weighted by molar-refractivity contribution is -0.143. The Balaban J connectivity index is 2.12. The Morgan fingerprint density at radius 2 is 1.85 bits per heavy atom. The zero-order valence-electron chi connectivity index (χ0n) is 15.7. The van der Waals surface area contributed by atoms with Crippen LogP contribution in [0, 0.1) is 12.8 Å². The fraction of sp³-hybridized carbons (Fsp3) is 0.500. The highest BCUT2D eigenvalue weighted by atomic mass is 16.4. The van der Waals surface area contributed by atoms with Crippen molar-refractivity contribution in [1.29, 1.82) is 0 Å². The molecule has 9 nitrogen and oxygen atoms in total. The molecule has 1 amide bonds. The van der Waals surface area contributed by atoms with E-state index in [1.54, 1.807) is 6.92 Å². The van der Waals surface area contributed by atoms with Crippen molar-refractivity contribution in [3.8, 4) is 0 Å². The van der Waals surface area contributed by atoms with E-state index in [9.17, 15) is 24.3 Å². The van der Waals surface area contributed by atoms with E-state index in [1.807, 2.05) is 6.92 Å². The summed E-state index contributed by atoms with van der Waals surface area (Å²) in [5, 5.41) is 9.56. The van der Waals surface area contributed by atoms with Crippen LogP contribution in [0.4, 0.5) is 0 Å². The second-order valence-electron chi connectivity index (χ2n) is 7.15. The molecule has 2 atom stereocenters. The Morgan fingerprint density at radius 3 is 2.48 bits per heavy atom. The average Bonchev–Trinajstić information content (AvgIpc) is 2.63. The van der Waals surface area contributed by atoms with Crippen molar-refractivity contribution in [3.05, 3.63) is 38.2 Å². The molecule has 1 N–H and O–H groups in total. The fourth-order valence-corrected chi connectivity index (χ4v) is 3.58. The first-order valence-electron chi connectivity index (χ1n) is 8.74. The molecule has 2 unspecified atom stereocenters. The third kappa shape index (κ3) is 3.02. The van der Waals surface area contributed by atoms with E-state index in [4.69, 9.17) is 0 Å². The Labute approximate surface area is 154 Å². The van der Waals surface area contributed by atoms with Gasteiger partial charge in [-0.05, 0) is 38.3 Å². The van der Waals surface area contributed by atoms with E-state index in [0.717, 1.165) is 4.57 Å². The predicted octanol–water partition coefficient (Wildman–Crippen LogP) is 0.266. The van der Waals surface area contributed by atoms with E-state index < -0.39 is 29.0 Å². The number of aryl methyl sites for hydroxylation is 2. The maximum atomic E-state index is 13.0. The molecule has 0 aromatic carbocycles. The van der Waals surface area contributed by atoms with Crippen LogP contribution in [0.5, 0.6) is 0 Å². The number of aromatic nitrogens is 3. The number of carboxylic acid groups (broad SMARTS) is 1. The minimum absolute atomic E-state index is 0.0983. The Morgan fingerprint density at radius 1 is 1.19 bits per heavy atom. The summed E-state index contributed by atoms with van der Waals surface area (Å²) in [6.07, 6.45) is 1.11. The predicted molar refractivity (Wildman–Crippen MR) is 97.8 cm³/mol. The summed E-state index contributed by atoms with van der Waals surface area (Å²) in [5.41, 5.74) is -0.207. The van der Waals surface area contributed by atoms with Gasteiger partial charge in [0, 0.05) is 26.7 Å². The SMILES string of the molecule is Cc1cc(C(=O)N2CC(C(=O)O)CCC2C)nc2c1c(=O)n(C)c(=O)n2C. The zero-order chi connectivity index (χ0) is 20.0. The van der Waals surface area contributed by atoms with Crippen LogP contribution in [0.2, 0.25) is 0 Å². The molecule has 3 rings (SSSR count). The maximum Gasteiger partial charge on any atom is 0.332 e.